The number of imidazole rings is 1. The molecule has 0 aliphatic heterocycles. The molecule has 2 heterocycles. The van der Waals surface area contributed by atoms with Gasteiger partial charge in [0.1, 0.15) is 5.75 Å². The smallest absolute Gasteiger partial charge is 0.332 e. The Balaban J connectivity index is 2.21. The minimum absolute atomic E-state index is 0.164. The van der Waals surface area contributed by atoms with E-state index in [0.29, 0.717) is 17.7 Å². The van der Waals surface area contributed by atoms with E-state index < -0.39 is 5.69 Å². The van der Waals surface area contributed by atoms with Crippen LogP contribution in [0.5, 0.6) is 5.75 Å². The van der Waals surface area contributed by atoms with E-state index in [9.17, 15) is 14.7 Å². The van der Waals surface area contributed by atoms with Crippen LogP contribution in [0.2, 0.25) is 0 Å². The Kier molecular flexibility index (Phi) is 2.90. The number of phenolic OH excluding ortho intramolecular Hbond substituents is 1. The first-order valence-electron chi connectivity index (χ1n) is 6.38. The van der Waals surface area contributed by atoms with Crippen molar-refractivity contribution in [3.8, 4) is 5.75 Å². The van der Waals surface area contributed by atoms with Crippen LogP contribution in [0.1, 0.15) is 5.56 Å². The molecule has 0 fully saturated rings. The maximum absolute atomic E-state index is 12.3. The molecule has 3 aromatic rings. The van der Waals surface area contributed by atoms with Crippen molar-refractivity contribution in [1.82, 2.24) is 18.7 Å². The molecule has 7 nitrogen and oxygen atoms in total. The van der Waals surface area contributed by atoms with E-state index in [1.165, 1.54) is 17.9 Å². The topological polar surface area (TPSA) is 82.0 Å². The zero-order chi connectivity index (χ0) is 15.1. The Hall–Kier alpha value is -2.83. The lowest BCUT2D eigenvalue weighted by Crippen LogP contribution is -2.37. The molecule has 0 saturated carbocycles. The van der Waals surface area contributed by atoms with Crippen molar-refractivity contribution in [1.29, 1.82) is 0 Å². The first-order chi connectivity index (χ1) is 9.99. The number of hydrogen-bond acceptors (Lipinski definition) is 4. The van der Waals surface area contributed by atoms with Gasteiger partial charge in [0.05, 0.1) is 6.33 Å². The van der Waals surface area contributed by atoms with Crippen LogP contribution >= 0.6 is 0 Å². The molecule has 3 rings (SSSR count). The highest BCUT2D eigenvalue weighted by Crippen LogP contribution is 2.14. The van der Waals surface area contributed by atoms with Gasteiger partial charge in [0, 0.05) is 20.6 Å². The van der Waals surface area contributed by atoms with Crippen molar-refractivity contribution in [3.05, 3.63) is 57.0 Å². The molecule has 1 aromatic carbocycles. The Morgan fingerprint density at radius 2 is 1.95 bits per heavy atom. The number of nitrogens with zero attached hydrogens (tertiary/aromatic N) is 4. The number of hydrogen-bond donors (Lipinski definition) is 1. The molecule has 0 bridgehead atoms. The predicted octanol–water partition coefficient (Wildman–Crippen LogP) is 0.188. The average Bonchev–Trinajstić information content (AvgIpc) is 2.87. The number of benzene rings is 1. The third-order valence-electron chi connectivity index (χ3n) is 3.48. The van der Waals surface area contributed by atoms with Crippen LogP contribution in [-0.4, -0.2) is 23.8 Å². The van der Waals surface area contributed by atoms with Gasteiger partial charge < -0.3 is 9.67 Å². The molecule has 0 spiro atoms. The van der Waals surface area contributed by atoms with Crippen LogP contribution in [0.3, 0.4) is 0 Å². The van der Waals surface area contributed by atoms with Gasteiger partial charge in [0.25, 0.3) is 5.56 Å². The van der Waals surface area contributed by atoms with Crippen molar-refractivity contribution in [2.24, 2.45) is 14.1 Å². The van der Waals surface area contributed by atoms with E-state index in [1.54, 1.807) is 29.8 Å². The van der Waals surface area contributed by atoms with Gasteiger partial charge in [0.2, 0.25) is 0 Å². The lowest BCUT2D eigenvalue weighted by molar-refractivity contribution is 0.474. The first-order valence-corrected chi connectivity index (χ1v) is 6.38. The second kappa shape index (κ2) is 4.62. The molecule has 0 radical (unpaired) electrons. The molecule has 1 N–H and O–H groups in total. The maximum Gasteiger partial charge on any atom is 0.332 e. The zero-order valence-corrected chi connectivity index (χ0v) is 11.6. The number of rotatable bonds is 2. The van der Waals surface area contributed by atoms with Crippen molar-refractivity contribution < 1.29 is 5.11 Å². The van der Waals surface area contributed by atoms with Gasteiger partial charge in [-0.2, -0.15) is 0 Å². The minimum Gasteiger partial charge on any atom is -0.508 e. The highest BCUT2D eigenvalue weighted by atomic mass is 16.3. The second-order valence-electron chi connectivity index (χ2n) is 4.92. The van der Waals surface area contributed by atoms with Crippen LogP contribution in [0, 0.1) is 0 Å². The predicted molar refractivity (Wildman–Crippen MR) is 77.4 cm³/mol. The van der Waals surface area contributed by atoms with Gasteiger partial charge in [-0.05, 0) is 17.7 Å². The summed E-state index contributed by atoms with van der Waals surface area (Å²) in [5.74, 6) is 0.164. The third kappa shape index (κ3) is 2.03. The van der Waals surface area contributed by atoms with E-state index >= 15 is 0 Å². The quantitative estimate of drug-likeness (QED) is 0.729. The van der Waals surface area contributed by atoms with Gasteiger partial charge in [-0.3, -0.25) is 13.9 Å². The maximum atomic E-state index is 12.3. The fourth-order valence-electron chi connectivity index (χ4n) is 2.37. The van der Waals surface area contributed by atoms with E-state index in [4.69, 9.17) is 0 Å². The molecule has 0 amide bonds. The van der Waals surface area contributed by atoms with Crippen molar-refractivity contribution in [2.75, 3.05) is 0 Å². The van der Waals surface area contributed by atoms with Gasteiger partial charge in [-0.25, -0.2) is 9.78 Å². The molecule has 0 unspecified atom stereocenters. The number of fused-ring (bicyclic) bond motifs is 1. The molecule has 0 atom stereocenters. The van der Waals surface area contributed by atoms with Crippen molar-refractivity contribution in [2.45, 2.75) is 6.54 Å². The minimum atomic E-state index is -0.407. The number of phenols is 1. The summed E-state index contributed by atoms with van der Waals surface area (Å²) >= 11 is 0. The molecular formula is C14H14N4O3. The van der Waals surface area contributed by atoms with E-state index in [1.807, 2.05) is 6.07 Å². The summed E-state index contributed by atoms with van der Waals surface area (Å²) in [5.41, 5.74) is 0.761. The molecule has 2 aromatic heterocycles. The normalized spacial score (nSPS) is 11.1. The third-order valence-corrected chi connectivity index (χ3v) is 3.48. The summed E-state index contributed by atoms with van der Waals surface area (Å²) in [5, 5.41) is 9.50. The highest BCUT2D eigenvalue weighted by Gasteiger charge is 2.14. The van der Waals surface area contributed by atoms with Crippen molar-refractivity contribution >= 4 is 11.2 Å². The Bertz CT molecular complexity index is 949. The summed E-state index contributed by atoms with van der Waals surface area (Å²) in [4.78, 5) is 28.3. The summed E-state index contributed by atoms with van der Waals surface area (Å²) in [6.45, 7) is 0.387. The molecule has 0 aliphatic rings. The van der Waals surface area contributed by atoms with Gasteiger partial charge in [-0.1, -0.05) is 12.1 Å². The summed E-state index contributed by atoms with van der Waals surface area (Å²) in [7, 11) is 3.02. The fraction of sp³-hybridized carbons (Fsp3) is 0.214. The molecule has 0 aliphatic carbocycles. The Morgan fingerprint density at radius 3 is 2.67 bits per heavy atom. The molecule has 7 heteroatoms. The van der Waals surface area contributed by atoms with Crippen molar-refractivity contribution in [3.63, 3.8) is 0 Å². The number of aromatic hydroxyl groups is 1. The molecule has 0 saturated heterocycles. The van der Waals surface area contributed by atoms with Gasteiger partial charge in [-0.15, -0.1) is 0 Å². The van der Waals surface area contributed by atoms with E-state index in [-0.39, 0.29) is 11.3 Å². The first kappa shape index (κ1) is 13.2. The lowest BCUT2D eigenvalue weighted by atomic mass is 10.2. The van der Waals surface area contributed by atoms with Gasteiger partial charge in [0.15, 0.2) is 11.2 Å². The average molecular weight is 286 g/mol. The standard InChI is InChI=1S/C14H14N4O3/c1-16-12-11(13(20)17(2)14(16)21)18(8-15-12)7-9-4-3-5-10(19)6-9/h3-6,8,19H,7H2,1-2H3. The largest absolute Gasteiger partial charge is 0.508 e. The number of aromatic nitrogens is 4. The summed E-state index contributed by atoms with van der Waals surface area (Å²) < 4.78 is 4.07. The zero-order valence-electron chi connectivity index (χ0n) is 11.6. The lowest BCUT2D eigenvalue weighted by Gasteiger charge is -2.07. The van der Waals surface area contributed by atoms with Crippen LogP contribution in [0.25, 0.3) is 11.2 Å². The molecule has 108 valence electrons. The SMILES string of the molecule is Cn1c(=O)c2c(ncn2Cc2cccc(O)c2)n(C)c1=O. The van der Waals surface area contributed by atoms with Crippen LogP contribution in [0.15, 0.2) is 40.2 Å². The monoisotopic (exact) mass is 286 g/mol. The summed E-state index contributed by atoms with van der Waals surface area (Å²) in [6, 6.07) is 6.78. The van der Waals surface area contributed by atoms with Crippen LogP contribution in [0.4, 0.5) is 0 Å². The second-order valence-corrected chi connectivity index (χ2v) is 4.92. The van der Waals surface area contributed by atoms with E-state index in [0.717, 1.165) is 10.1 Å². The highest BCUT2D eigenvalue weighted by molar-refractivity contribution is 5.70. The number of aryl methyl sites for hydroxylation is 1. The molecule has 21 heavy (non-hydrogen) atoms. The molecular weight excluding hydrogens is 272 g/mol. The fourth-order valence-corrected chi connectivity index (χ4v) is 2.37. The van der Waals surface area contributed by atoms with Crippen LogP contribution in [-0.2, 0) is 20.6 Å². The van der Waals surface area contributed by atoms with Gasteiger partial charge >= 0.3 is 5.69 Å². The van der Waals surface area contributed by atoms with Crippen LogP contribution < -0.4 is 11.2 Å². The summed E-state index contributed by atoms with van der Waals surface area (Å²) in [6.07, 6.45) is 1.52. The Labute approximate surface area is 119 Å². The van der Waals surface area contributed by atoms with E-state index in [2.05, 4.69) is 4.98 Å². The Morgan fingerprint density at radius 1 is 1.19 bits per heavy atom.